The van der Waals surface area contributed by atoms with Crippen molar-refractivity contribution in [3.8, 4) is 0 Å². The van der Waals surface area contributed by atoms with Crippen LogP contribution in [-0.2, 0) is 9.53 Å². The summed E-state index contributed by atoms with van der Waals surface area (Å²) in [4.78, 5) is 26.6. The Hall–Kier alpha value is -2.69. The van der Waals surface area contributed by atoms with Crippen molar-refractivity contribution in [1.29, 1.82) is 0 Å². The first-order chi connectivity index (χ1) is 14.4. The molecule has 2 aromatic rings. The number of nitro benzene ring substituents is 1. The van der Waals surface area contributed by atoms with Crippen LogP contribution in [0.25, 0.3) is 6.08 Å². The Morgan fingerprint density at radius 2 is 1.83 bits per heavy atom. The molecule has 4 rings (SSSR count). The van der Waals surface area contributed by atoms with Crippen molar-refractivity contribution in [3.63, 3.8) is 0 Å². The molecule has 0 radical (unpaired) electrons. The summed E-state index contributed by atoms with van der Waals surface area (Å²) in [6.07, 6.45) is 1.70. The number of hydrogen-bond donors (Lipinski definition) is 0. The van der Waals surface area contributed by atoms with Crippen molar-refractivity contribution in [2.45, 2.75) is 13.8 Å². The van der Waals surface area contributed by atoms with Gasteiger partial charge in [0.1, 0.15) is 0 Å². The molecule has 1 aromatic heterocycles. The van der Waals surface area contributed by atoms with Crippen LogP contribution in [0.2, 0.25) is 0 Å². The summed E-state index contributed by atoms with van der Waals surface area (Å²) >= 11 is 6.67. The van der Waals surface area contributed by atoms with E-state index in [1.165, 1.54) is 28.9 Å². The monoisotopic (exact) mass is 444 g/mol. The van der Waals surface area contributed by atoms with Crippen LogP contribution in [0.5, 0.6) is 0 Å². The molecule has 2 aliphatic rings. The number of nitrogens with zero attached hydrogens (tertiary/aromatic N) is 4. The van der Waals surface area contributed by atoms with Crippen LogP contribution < -0.4 is 9.91 Å². The molecule has 2 saturated heterocycles. The molecule has 1 amide bonds. The maximum atomic E-state index is 13.2. The van der Waals surface area contributed by atoms with Gasteiger partial charge in [-0.25, -0.2) is 0 Å². The van der Waals surface area contributed by atoms with Crippen molar-refractivity contribution in [2.24, 2.45) is 0 Å². The van der Waals surface area contributed by atoms with E-state index in [0.717, 1.165) is 17.1 Å². The lowest BCUT2D eigenvalue weighted by atomic mass is 10.1. The normalized spacial score (nSPS) is 18.5. The van der Waals surface area contributed by atoms with E-state index in [4.69, 9.17) is 17.0 Å². The maximum Gasteiger partial charge on any atom is 0.285 e. The van der Waals surface area contributed by atoms with Gasteiger partial charge in [0.25, 0.3) is 11.6 Å². The Balaban J connectivity index is 1.75. The van der Waals surface area contributed by atoms with Crippen LogP contribution in [0, 0.1) is 24.0 Å². The summed E-state index contributed by atoms with van der Waals surface area (Å²) < 4.78 is 7.62. The van der Waals surface area contributed by atoms with E-state index in [0.29, 0.717) is 41.1 Å². The smallest absolute Gasteiger partial charge is 0.285 e. The number of nitro groups is 1. The Bertz CT molecular complexity index is 1050. The zero-order valence-corrected chi connectivity index (χ0v) is 18.2. The minimum Gasteiger partial charge on any atom is -0.378 e. The standard InChI is InChI=1S/C20H20N4O4S2/c1-13-3-4-14(2)22(13)23-19(25)18(30-20(23)29)12-15-11-16(24(26)27)5-6-17(15)21-7-9-28-10-8-21/h3-6,11-12H,7-10H2,1-2H3/b18-12-. The summed E-state index contributed by atoms with van der Waals surface area (Å²) in [5.41, 5.74) is 3.23. The van der Waals surface area contributed by atoms with Crippen molar-refractivity contribution in [2.75, 3.05) is 36.2 Å². The summed E-state index contributed by atoms with van der Waals surface area (Å²) in [6.45, 7) is 6.36. The number of benzene rings is 1. The lowest BCUT2D eigenvalue weighted by Gasteiger charge is -2.30. The van der Waals surface area contributed by atoms with Crippen molar-refractivity contribution >= 4 is 51.7 Å². The highest BCUT2D eigenvalue weighted by Gasteiger charge is 2.35. The van der Waals surface area contributed by atoms with Crippen LogP contribution in [0.1, 0.15) is 17.0 Å². The van der Waals surface area contributed by atoms with Gasteiger partial charge < -0.3 is 9.64 Å². The molecule has 0 aliphatic carbocycles. The number of carbonyl (C=O) groups is 1. The number of aromatic nitrogens is 1. The van der Waals surface area contributed by atoms with Crippen LogP contribution in [0.15, 0.2) is 35.2 Å². The topological polar surface area (TPSA) is 80.8 Å². The van der Waals surface area contributed by atoms with Gasteiger partial charge >= 0.3 is 0 Å². The highest BCUT2D eigenvalue weighted by atomic mass is 32.2. The Labute approximate surface area is 183 Å². The third kappa shape index (κ3) is 3.73. The maximum absolute atomic E-state index is 13.2. The molecule has 156 valence electrons. The van der Waals surface area contributed by atoms with Gasteiger partial charge in [-0.1, -0.05) is 11.8 Å². The minimum atomic E-state index is -0.432. The van der Waals surface area contributed by atoms with E-state index in [-0.39, 0.29) is 11.6 Å². The number of morpholine rings is 1. The van der Waals surface area contributed by atoms with Crippen molar-refractivity contribution in [1.82, 2.24) is 4.68 Å². The van der Waals surface area contributed by atoms with Crippen LogP contribution >= 0.6 is 24.0 Å². The predicted octanol–water partition coefficient (Wildman–Crippen LogP) is 3.39. The van der Waals surface area contributed by atoms with Crippen molar-refractivity contribution in [3.05, 3.63) is 62.3 Å². The van der Waals surface area contributed by atoms with Crippen LogP contribution in [-0.4, -0.2) is 46.1 Å². The SMILES string of the molecule is Cc1ccc(C)n1N1C(=O)/C(=C/c2cc([N+](=O)[O-])ccc2N2CCOCC2)SC1=S. The Morgan fingerprint density at radius 3 is 2.47 bits per heavy atom. The zero-order valence-electron chi connectivity index (χ0n) is 16.5. The number of anilines is 1. The molecule has 3 heterocycles. The molecule has 1 aromatic carbocycles. The second kappa shape index (κ2) is 8.21. The van der Waals surface area contributed by atoms with E-state index >= 15 is 0 Å². The molecule has 2 aliphatic heterocycles. The van der Waals surface area contributed by atoms with Gasteiger partial charge in [0, 0.05) is 47.9 Å². The Morgan fingerprint density at radius 1 is 1.17 bits per heavy atom. The van der Waals surface area contributed by atoms with Gasteiger partial charge in [-0.3, -0.25) is 19.6 Å². The molecule has 0 bridgehead atoms. The molecule has 0 N–H and O–H groups in total. The number of thioether (sulfide) groups is 1. The summed E-state index contributed by atoms with van der Waals surface area (Å²) in [7, 11) is 0. The molecule has 10 heteroatoms. The third-order valence-corrected chi connectivity index (χ3v) is 6.35. The number of non-ortho nitro benzene ring substituents is 1. The molecule has 8 nitrogen and oxygen atoms in total. The lowest BCUT2D eigenvalue weighted by Crippen LogP contribution is -2.39. The summed E-state index contributed by atoms with van der Waals surface area (Å²) in [6, 6.07) is 8.57. The molecule has 0 spiro atoms. The van der Waals surface area contributed by atoms with Crippen LogP contribution in [0.4, 0.5) is 11.4 Å². The number of hydrogen-bond acceptors (Lipinski definition) is 7. The number of ether oxygens (including phenoxy) is 1. The van der Waals surface area contributed by atoms with E-state index in [1.807, 2.05) is 26.0 Å². The van der Waals surface area contributed by atoms with E-state index in [2.05, 4.69) is 4.90 Å². The Kier molecular flexibility index (Phi) is 5.63. The van der Waals surface area contributed by atoms with Gasteiger partial charge in [-0.2, -0.15) is 5.01 Å². The highest BCUT2D eigenvalue weighted by molar-refractivity contribution is 8.27. The van der Waals surface area contributed by atoms with Gasteiger partial charge in [0.15, 0.2) is 4.32 Å². The fourth-order valence-corrected chi connectivity index (χ4v) is 4.85. The average molecular weight is 445 g/mol. The minimum absolute atomic E-state index is 0.0224. The second-order valence-electron chi connectivity index (χ2n) is 7.02. The van der Waals surface area contributed by atoms with E-state index < -0.39 is 4.92 Å². The quantitative estimate of drug-likeness (QED) is 0.309. The molecule has 0 unspecified atom stereocenters. The molecular formula is C20H20N4O4S2. The van der Waals surface area contributed by atoms with Gasteiger partial charge in [0.2, 0.25) is 0 Å². The molecular weight excluding hydrogens is 424 g/mol. The second-order valence-corrected chi connectivity index (χ2v) is 8.70. The number of aryl methyl sites for hydroxylation is 2. The molecule has 30 heavy (non-hydrogen) atoms. The lowest BCUT2D eigenvalue weighted by molar-refractivity contribution is -0.384. The molecule has 0 atom stereocenters. The highest BCUT2D eigenvalue weighted by Crippen LogP contribution is 2.36. The molecule has 0 saturated carbocycles. The zero-order chi connectivity index (χ0) is 21.4. The summed E-state index contributed by atoms with van der Waals surface area (Å²) in [5.74, 6) is -0.244. The van der Waals surface area contributed by atoms with Crippen LogP contribution in [0.3, 0.4) is 0 Å². The van der Waals surface area contributed by atoms with Gasteiger partial charge in [0.05, 0.1) is 23.0 Å². The fourth-order valence-electron chi connectivity index (χ4n) is 3.61. The van der Waals surface area contributed by atoms with Gasteiger partial charge in [-0.15, -0.1) is 0 Å². The van der Waals surface area contributed by atoms with Gasteiger partial charge in [-0.05, 0) is 50.3 Å². The first-order valence-electron chi connectivity index (χ1n) is 9.41. The number of rotatable bonds is 4. The average Bonchev–Trinajstić information content (AvgIpc) is 3.19. The number of amides is 1. The largest absolute Gasteiger partial charge is 0.378 e. The number of carbonyl (C=O) groups excluding carboxylic acids is 1. The van der Waals surface area contributed by atoms with Crippen molar-refractivity contribution < 1.29 is 14.5 Å². The molecule has 2 fully saturated rings. The third-order valence-electron chi connectivity index (χ3n) is 5.07. The number of thiocarbonyl (C=S) groups is 1. The fraction of sp³-hybridized carbons (Fsp3) is 0.300. The summed E-state index contributed by atoms with van der Waals surface area (Å²) in [5, 5.41) is 12.8. The first-order valence-corrected chi connectivity index (χ1v) is 10.6. The van der Waals surface area contributed by atoms with E-state index in [1.54, 1.807) is 16.8 Å². The van der Waals surface area contributed by atoms with E-state index in [9.17, 15) is 14.9 Å². The predicted molar refractivity (Wildman–Crippen MR) is 121 cm³/mol. The first kappa shape index (κ1) is 20.6.